The van der Waals surface area contributed by atoms with Crippen LogP contribution >= 0.6 is 34.8 Å². The molecule has 0 bridgehead atoms. The predicted octanol–water partition coefficient (Wildman–Crippen LogP) is 6.62. The predicted molar refractivity (Wildman–Crippen MR) is 115 cm³/mol. The Morgan fingerprint density at radius 1 is 0.929 bits per heavy atom. The van der Waals surface area contributed by atoms with Crippen molar-refractivity contribution in [3.63, 3.8) is 0 Å². The summed E-state index contributed by atoms with van der Waals surface area (Å²) in [6.07, 6.45) is 0.0976. The van der Waals surface area contributed by atoms with Gasteiger partial charge in [-0.2, -0.15) is 0 Å². The molecular weight excluding hydrogens is 417 g/mol. The van der Waals surface area contributed by atoms with Gasteiger partial charge in [0.15, 0.2) is 6.10 Å². The fourth-order valence-corrected chi connectivity index (χ4v) is 3.89. The van der Waals surface area contributed by atoms with Gasteiger partial charge < -0.3 is 10.1 Å². The average Bonchev–Trinajstić information content (AvgIpc) is 3.03. The van der Waals surface area contributed by atoms with E-state index < -0.39 is 6.10 Å². The number of hydrogen-bond acceptors (Lipinski definition) is 2. The molecule has 3 nitrogen and oxygen atoms in total. The lowest BCUT2D eigenvalue weighted by molar-refractivity contribution is -0.122. The van der Waals surface area contributed by atoms with Crippen molar-refractivity contribution in [3.8, 4) is 16.9 Å². The lowest BCUT2D eigenvalue weighted by atomic mass is 10.1. The Bertz CT molecular complexity index is 1080. The Labute approximate surface area is 178 Å². The van der Waals surface area contributed by atoms with Crippen LogP contribution in [0.3, 0.4) is 0 Å². The van der Waals surface area contributed by atoms with Crippen molar-refractivity contribution in [2.24, 2.45) is 0 Å². The number of rotatable bonds is 4. The molecule has 0 fully saturated rings. The topological polar surface area (TPSA) is 38.3 Å². The van der Waals surface area contributed by atoms with Gasteiger partial charge in [0.1, 0.15) is 5.75 Å². The van der Waals surface area contributed by atoms with Crippen LogP contribution in [-0.4, -0.2) is 12.0 Å². The number of halogens is 3. The van der Waals surface area contributed by atoms with Crippen molar-refractivity contribution in [2.45, 2.75) is 19.4 Å². The molecule has 1 N–H and O–H groups in total. The Balaban J connectivity index is 1.47. The van der Waals surface area contributed by atoms with Crippen molar-refractivity contribution in [2.75, 3.05) is 5.32 Å². The molecule has 3 aromatic rings. The average molecular weight is 433 g/mol. The smallest absolute Gasteiger partial charge is 0.265 e. The third kappa shape index (κ3) is 3.70. The van der Waals surface area contributed by atoms with Gasteiger partial charge in [-0.3, -0.25) is 4.79 Å². The van der Waals surface area contributed by atoms with Crippen LogP contribution in [0.1, 0.15) is 18.1 Å². The van der Waals surface area contributed by atoms with Gasteiger partial charge in [0.2, 0.25) is 0 Å². The van der Waals surface area contributed by atoms with Gasteiger partial charge in [0.05, 0.1) is 15.1 Å². The van der Waals surface area contributed by atoms with Crippen LogP contribution in [0.5, 0.6) is 5.75 Å². The molecular formula is C22H16Cl3NO2. The Morgan fingerprint density at radius 2 is 1.64 bits per heavy atom. The summed E-state index contributed by atoms with van der Waals surface area (Å²) in [7, 11) is 0. The third-order valence-corrected chi connectivity index (χ3v) is 5.73. The molecule has 1 aliphatic carbocycles. The van der Waals surface area contributed by atoms with Gasteiger partial charge in [-0.15, -0.1) is 0 Å². The lowest BCUT2D eigenvalue weighted by Crippen LogP contribution is -2.30. The summed E-state index contributed by atoms with van der Waals surface area (Å²) < 4.78 is 5.67. The molecule has 142 valence electrons. The molecule has 6 heteroatoms. The highest BCUT2D eigenvalue weighted by Gasteiger charge is 2.20. The minimum atomic E-state index is -0.764. The van der Waals surface area contributed by atoms with Crippen LogP contribution in [0, 0.1) is 0 Å². The van der Waals surface area contributed by atoms with Crippen LogP contribution in [-0.2, 0) is 11.2 Å². The van der Waals surface area contributed by atoms with E-state index in [9.17, 15) is 4.79 Å². The molecule has 4 rings (SSSR count). The van der Waals surface area contributed by atoms with E-state index >= 15 is 0 Å². The van der Waals surface area contributed by atoms with E-state index in [-0.39, 0.29) is 5.91 Å². The van der Waals surface area contributed by atoms with E-state index in [1.807, 2.05) is 30.3 Å². The summed E-state index contributed by atoms with van der Waals surface area (Å²) in [5.74, 6) is 0.0284. The van der Waals surface area contributed by atoms with E-state index in [2.05, 4.69) is 17.4 Å². The molecule has 0 unspecified atom stereocenters. The van der Waals surface area contributed by atoms with Crippen molar-refractivity contribution in [3.05, 3.63) is 80.8 Å². The molecule has 0 saturated heterocycles. The Kier molecular flexibility index (Phi) is 5.24. The van der Waals surface area contributed by atoms with Crippen LogP contribution in [0.25, 0.3) is 11.1 Å². The second kappa shape index (κ2) is 7.67. The summed E-state index contributed by atoms with van der Waals surface area (Å²) in [6, 6.07) is 17.3. The first-order valence-corrected chi connectivity index (χ1v) is 9.89. The van der Waals surface area contributed by atoms with Crippen LogP contribution in [0.15, 0.2) is 54.6 Å². The minimum absolute atomic E-state index is 0.280. The molecule has 3 aromatic carbocycles. The number of ether oxygens (including phenoxy) is 1. The highest BCUT2D eigenvalue weighted by Crippen LogP contribution is 2.38. The first-order valence-electron chi connectivity index (χ1n) is 8.75. The summed E-state index contributed by atoms with van der Waals surface area (Å²) in [4.78, 5) is 12.6. The van der Waals surface area contributed by atoms with Crippen molar-refractivity contribution >= 4 is 46.4 Å². The maximum atomic E-state index is 12.6. The largest absolute Gasteiger partial charge is 0.479 e. The van der Waals surface area contributed by atoms with Crippen LogP contribution < -0.4 is 10.1 Å². The SMILES string of the molecule is C[C@@H](Oc1cc(Cl)c(Cl)cc1Cl)C(=O)Nc1ccc2c(c1)Cc1ccccc1-2. The monoisotopic (exact) mass is 431 g/mol. The number of benzene rings is 3. The zero-order valence-corrected chi connectivity index (χ0v) is 17.2. The number of amides is 1. The van der Waals surface area contributed by atoms with Crippen molar-refractivity contribution in [1.82, 2.24) is 0 Å². The molecule has 0 saturated carbocycles. The number of fused-ring (bicyclic) bond motifs is 3. The van der Waals surface area contributed by atoms with E-state index in [1.54, 1.807) is 6.92 Å². The highest BCUT2D eigenvalue weighted by molar-refractivity contribution is 6.43. The fourth-order valence-electron chi connectivity index (χ4n) is 3.31. The third-order valence-electron chi connectivity index (χ3n) is 4.71. The van der Waals surface area contributed by atoms with Crippen LogP contribution in [0.2, 0.25) is 15.1 Å². The van der Waals surface area contributed by atoms with Gasteiger partial charge >= 0.3 is 0 Å². The summed E-state index contributed by atoms with van der Waals surface area (Å²) in [5.41, 5.74) is 5.68. The molecule has 0 spiro atoms. The lowest BCUT2D eigenvalue weighted by Gasteiger charge is -2.16. The second-order valence-electron chi connectivity index (χ2n) is 6.65. The number of carbonyl (C=O) groups excluding carboxylic acids is 1. The molecule has 28 heavy (non-hydrogen) atoms. The fraction of sp³-hybridized carbons (Fsp3) is 0.136. The first kappa shape index (κ1) is 19.1. The normalized spacial score (nSPS) is 12.9. The molecule has 0 aliphatic heterocycles. The van der Waals surface area contributed by atoms with E-state index in [0.717, 1.165) is 12.1 Å². The first-order chi connectivity index (χ1) is 13.4. The van der Waals surface area contributed by atoms with E-state index in [1.165, 1.54) is 34.4 Å². The standard InChI is InChI=1S/C22H16Cl3NO2/c1-12(28-21-11-19(24)18(23)10-20(21)25)22(27)26-15-6-7-17-14(9-15)8-13-4-2-3-5-16(13)17/h2-7,9-12H,8H2,1H3,(H,26,27)/t12-/m1/s1. The van der Waals surface area contributed by atoms with E-state index in [0.29, 0.717) is 20.8 Å². The van der Waals surface area contributed by atoms with Gasteiger partial charge in [-0.05, 0) is 53.8 Å². The van der Waals surface area contributed by atoms with Gasteiger partial charge in [0.25, 0.3) is 5.91 Å². The molecule has 0 aromatic heterocycles. The molecule has 1 aliphatic rings. The summed E-state index contributed by atoms with van der Waals surface area (Å²) >= 11 is 18.0. The molecule has 1 atom stereocenters. The Hall–Kier alpha value is -2.20. The minimum Gasteiger partial charge on any atom is -0.479 e. The summed E-state index contributed by atoms with van der Waals surface area (Å²) in [6.45, 7) is 1.65. The number of anilines is 1. The number of carbonyl (C=O) groups is 1. The summed E-state index contributed by atoms with van der Waals surface area (Å²) in [5, 5.41) is 3.83. The quantitative estimate of drug-likeness (QED) is 0.368. The number of nitrogens with one attached hydrogen (secondary N) is 1. The zero-order chi connectivity index (χ0) is 19.8. The van der Waals surface area contributed by atoms with Gasteiger partial charge in [-0.1, -0.05) is 65.1 Å². The van der Waals surface area contributed by atoms with Gasteiger partial charge in [0, 0.05) is 11.8 Å². The number of hydrogen-bond donors (Lipinski definition) is 1. The Morgan fingerprint density at radius 3 is 2.46 bits per heavy atom. The molecule has 0 radical (unpaired) electrons. The van der Waals surface area contributed by atoms with E-state index in [4.69, 9.17) is 39.5 Å². The maximum absolute atomic E-state index is 12.6. The highest BCUT2D eigenvalue weighted by atomic mass is 35.5. The van der Waals surface area contributed by atoms with Crippen molar-refractivity contribution < 1.29 is 9.53 Å². The van der Waals surface area contributed by atoms with Gasteiger partial charge in [-0.25, -0.2) is 0 Å². The second-order valence-corrected chi connectivity index (χ2v) is 7.87. The molecule has 0 heterocycles. The van der Waals surface area contributed by atoms with Crippen LogP contribution in [0.4, 0.5) is 5.69 Å². The molecule has 1 amide bonds. The van der Waals surface area contributed by atoms with Crippen molar-refractivity contribution in [1.29, 1.82) is 0 Å². The zero-order valence-electron chi connectivity index (χ0n) is 14.9. The maximum Gasteiger partial charge on any atom is 0.265 e.